The Balaban J connectivity index is 1.61. The zero-order valence-electron chi connectivity index (χ0n) is 12.2. The summed E-state index contributed by atoms with van der Waals surface area (Å²) in [4.78, 5) is 2.72. The minimum atomic E-state index is 0.315. The summed E-state index contributed by atoms with van der Waals surface area (Å²) < 4.78 is 0. The highest BCUT2D eigenvalue weighted by molar-refractivity contribution is 5.16. The van der Waals surface area contributed by atoms with Crippen LogP contribution in [0.2, 0.25) is 0 Å². The minimum Gasteiger partial charge on any atom is -0.311 e. The van der Waals surface area contributed by atoms with Crippen LogP contribution in [0.4, 0.5) is 0 Å². The molecule has 1 aromatic rings. The van der Waals surface area contributed by atoms with Gasteiger partial charge in [0, 0.05) is 31.2 Å². The first-order valence-corrected chi connectivity index (χ1v) is 7.66. The smallest absolute Gasteiger partial charge is 0.0278 e. The molecule has 0 aromatic heterocycles. The number of benzene rings is 1. The molecule has 0 spiro atoms. The van der Waals surface area contributed by atoms with Gasteiger partial charge in [-0.25, -0.2) is 0 Å². The van der Waals surface area contributed by atoms with Gasteiger partial charge < -0.3 is 5.32 Å². The van der Waals surface area contributed by atoms with Crippen LogP contribution in [-0.2, 0) is 6.42 Å². The van der Waals surface area contributed by atoms with Gasteiger partial charge in [0.1, 0.15) is 0 Å². The molecule has 104 valence electrons. The van der Waals surface area contributed by atoms with Gasteiger partial charge in [-0.2, -0.15) is 0 Å². The normalized spacial score (nSPS) is 27.4. The lowest BCUT2D eigenvalue weighted by Crippen LogP contribution is -2.62. The van der Waals surface area contributed by atoms with E-state index in [1.807, 2.05) is 0 Å². The lowest BCUT2D eigenvalue weighted by molar-refractivity contribution is 0.0616. The molecule has 0 bridgehead atoms. The SMILES string of the molecule is CC1(C)CNC(Cc2ccccc2)CN1CC1CC1. The highest BCUT2D eigenvalue weighted by Crippen LogP contribution is 2.33. The van der Waals surface area contributed by atoms with Gasteiger partial charge in [0.05, 0.1) is 0 Å². The van der Waals surface area contributed by atoms with Crippen molar-refractivity contribution in [1.29, 1.82) is 0 Å². The van der Waals surface area contributed by atoms with Gasteiger partial charge >= 0.3 is 0 Å². The maximum absolute atomic E-state index is 3.74. The summed E-state index contributed by atoms with van der Waals surface area (Å²) in [6.07, 6.45) is 4.05. The number of rotatable bonds is 4. The summed E-state index contributed by atoms with van der Waals surface area (Å²) in [6.45, 7) is 8.36. The lowest BCUT2D eigenvalue weighted by Gasteiger charge is -2.46. The highest BCUT2D eigenvalue weighted by atomic mass is 15.3. The predicted octanol–water partition coefficient (Wildman–Crippen LogP) is 2.69. The molecule has 2 nitrogen and oxygen atoms in total. The third kappa shape index (κ3) is 3.37. The van der Waals surface area contributed by atoms with Crippen molar-refractivity contribution in [3.8, 4) is 0 Å². The molecule has 1 saturated carbocycles. The average Bonchev–Trinajstić information content (AvgIpc) is 3.19. The Bertz CT molecular complexity index is 409. The number of nitrogens with one attached hydrogen (secondary N) is 1. The molecule has 1 aromatic carbocycles. The monoisotopic (exact) mass is 258 g/mol. The Morgan fingerprint density at radius 1 is 1.21 bits per heavy atom. The Kier molecular flexibility index (Phi) is 3.64. The van der Waals surface area contributed by atoms with Crippen molar-refractivity contribution in [1.82, 2.24) is 10.2 Å². The number of nitrogens with zero attached hydrogens (tertiary/aromatic N) is 1. The summed E-state index contributed by atoms with van der Waals surface area (Å²) in [6, 6.07) is 11.5. The molecule has 1 atom stereocenters. The molecule has 2 aliphatic rings. The van der Waals surface area contributed by atoms with Crippen molar-refractivity contribution < 1.29 is 0 Å². The van der Waals surface area contributed by atoms with E-state index in [0.29, 0.717) is 11.6 Å². The summed E-state index contributed by atoms with van der Waals surface area (Å²) in [5, 5.41) is 3.74. The third-order valence-corrected chi connectivity index (χ3v) is 4.62. The maximum Gasteiger partial charge on any atom is 0.0278 e. The first-order valence-electron chi connectivity index (χ1n) is 7.66. The predicted molar refractivity (Wildman–Crippen MR) is 80.3 cm³/mol. The fourth-order valence-corrected chi connectivity index (χ4v) is 3.05. The Morgan fingerprint density at radius 3 is 2.63 bits per heavy atom. The van der Waals surface area contributed by atoms with Crippen LogP contribution < -0.4 is 5.32 Å². The van der Waals surface area contributed by atoms with Crippen LogP contribution in [0.15, 0.2) is 30.3 Å². The zero-order chi connectivity index (χ0) is 13.3. The summed E-state index contributed by atoms with van der Waals surface area (Å²) in [7, 11) is 0. The Labute approximate surface area is 117 Å². The van der Waals surface area contributed by atoms with Gasteiger partial charge in [-0.3, -0.25) is 4.90 Å². The average molecular weight is 258 g/mol. The van der Waals surface area contributed by atoms with Crippen LogP contribution >= 0.6 is 0 Å². The van der Waals surface area contributed by atoms with E-state index >= 15 is 0 Å². The van der Waals surface area contributed by atoms with Crippen molar-refractivity contribution in [3.63, 3.8) is 0 Å². The summed E-state index contributed by atoms with van der Waals surface area (Å²) in [5.74, 6) is 0.981. The van der Waals surface area contributed by atoms with Crippen molar-refractivity contribution >= 4 is 0 Å². The van der Waals surface area contributed by atoms with Gasteiger partial charge in [0.15, 0.2) is 0 Å². The highest BCUT2D eigenvalue weighted by Gasteiger charge is 2.37. The molecule has 2 fully saturated rings. The largest absolute Gasteiger partial charge is 0.311 e. The van der Waals surface area contributed by atoms with E-state index in [0.717, 1.165) is 18.9 Å². The van der Waals surface area contributed by atoms with E-state index < -0.39 is 0 Å². The molecule has 19 heavy (non-hydrogen) atoms. The van der Waals surface area contributed by atoms with E-state index in [2.05, 4.69) is 54.4 Å². The Hall–Kier alpha value is -0.860. The van der Waals surface area contributed by atoms with Crippen LogP contribution in [0.1, 0.15) is 32.3 Å². The maximum atomic E-state index is 3.74. The molecule has 1 aliphatic heterocycles. The minimum absolute atomic E-state index is 0.315. The number of piperazine rings is 1. The molecule has 0 amide bonds. The van der Waals surface area contributed by atoms with Gasteiger partial charge in [-0.15, -0.1) is 0 Å². The fraction of sp³-hybridized carbons (Fsp3) is 0.647. The molecule has 1 saturated heterocycles. The topological polar surface area (TPSA) is 15.3 Å². The van der Waals surface area contributed by atoms with Crippen LogP contribution in [0.5, 0.6) is 0 Å². The Morgan fingerprint density at radius 2 is 1.95 bits per heavy atom. The van der Waals surface area contributed by atoms with E-state index in [4.69, 9.17) is 0 Å². The van der Waals surface area contributed by atoms with Crippen molar-refractivity contribution in [2.45, 2.75) is 44.7 Å². The molecule has 0 radical (unpaired) electrons. The molecule has 1 unspecified atom stereocenters. The molecule has 1 N–H and O–H groups in total. The van der Waals surface area contributed by atoms with E-state index in [9.17, 15) is 0 Å². The number of hydrogen-bond donors (Lipinski definition) is 1. The van der Waals surface area contributed by atoms with Crippen molar-refractivity contribution in [3.05, 3.63) is 35.9 Å². The molecule has 1 aliphatic carbocycles. The summed E-state index contributed by atoms with van der Waals surface area (Å²) in [5.41, 5.74) is 1.77. The van der Waals surface area contributed by atoms with Crippen LogP contribution in [0.3, 0.4) is 0 Å². The van der Waals surface area contributed by atoms with Gasteiger partial charge in [0.2, 0.25) is 0 Å². The lowest BCUT2D eigenvalue weighted by atomic mass is 9.94. The molecule has 3 rings (SSSR count). The molecule has 2 heteroatoms. The van der Waals surface area contributed by atoms with Crippen LogP contribution in [-0.4, -0.2) is 36.1 Å². The zero-order valence-corrected chi connectivity index (χ0v) is 12.2. The number of hydrogen-bond acceptors (Lipinski definition) is 2. The van der Waals surface area contributed by atoms with E-state index in [1.54, 1.807) is 0 Å². The molecular weight excluding hydrogens is 232 g/mol. The van der Waals surface area contributed by atoms with Crippen LogP contribution in [0, 0.1) is 5.92 Å². The summed E-state index contributed by atoms with van der Waals surface area (Å²) >= 11 is 0. The molecular formula is C17H26N2. The van der Waals surface area contributed by atoms with Crippen molar-refractivity contribution in [2.75, 3.05) is 19.6 Å². The van der Waals surface area contributed by atoms with Gasteiger partial charge in [-0.1, -0.05) is 30.3 Å². The first-order chi connectivity index (χ1) is 9.13. The standard InChI is InChI=1S/C17H26N2/c1-17(2)13-18-16(10-14-6-4-3-5-7-14)12-19(17)11-15-8-9-15/h3-7,15-16,18H,8-13H2,1-2H3. The second-order valence-electron chi connectivity index (χ2n) is 6.93. The van der Waals surface area contributed by atoms with E-state index in [1.165, 1.54) is 31.5 Å². The second kappa shape index (κ2) is 5.26. The van der Waals surface area contributed by atoms with Crippen molar-refractivity contribution in [2.24, 2.45) is 5.92 Å². The third-order valence-electron chi connectivity index (χ3n) is 4.62. The van der Waals surface area contributed by atoms with Gasteiger partial charge in [-0.05, 0) is 44.6 Å². The first kappa shape index (κ1) is 13.1. The van der Waals surface area contributed by atoms with Crippen LogP contribution in [0.25, 0.3) is 0 Å². The van der Waals surface area contributed by atoms with Gasteiger partial charge in [0.25, 0.3) is 0 Å². The fourth-order valence-electron chi connectivity index (χ4n) is 3.05. The van der Waals surface area contributed by atoms with E-state index in [-0.39, 0.29) is 0 Å². The quantitative estimate of drug-likeness (QED) is 0.893. The second-order valence-corrected chi connectivity index (χ2v) is 6.93. The molecule has 1 heterocycles.